The number of anilines is 2. The maximum atomic E-state index is 13.1. The van der Waals surface area contributed by atoms with Gasteiger partial charge in [0, 0.05) is 17.6 Å². The summed E-state index contributed by atoms with van der Waals surface area (Å²) >= 11 is 0. The highest BCUT2D eigenvalue weighted by molar-refractivity contribution is 6.04. The zero-order valence-corrected chi connectivity index (χ0v) is 16.0. The van der Waals surface area contributed by atoms with Gasteiger partial charge in [-0.3, -0.25) is 9.88 Å². The smallest absolute Gasteiger partial charge is 0.308 e. The normalized spacial score (nSPS) is 10.7. The molecule has 0 aliphatic rings. The van der Waals surface area contributed by atoms with Gasteiger partial charge in [-0.1, -0.05) is 42.5 Å². The number of halogens is 1. The van der Waals surface area contributed by atoms with Crippen LogP contribution in [0.25, 0.3) is 10.9 Å². The first-order valence-electron chi connectivity index (χ1n) is 9.47. The first-order valence-corrected chi connectivity index (χ1v) is 9.47. The van der Waals surface area contributed by atoms with E-state index < -0.39 is 17.5 Å². The molecule has 0 atom stereocenters. The van der Waals surface area contributed by atoms with E-state index in [1.165, 1.54) is 28.8 Å². The number of nitrogens with zero attached hydrogens (tertiary/aromatic N) is 2. The largest absolute Gasteiger partial charge is 0.349 e. The molecular weight excluding hydrogens is 383 g/mol. The Morgan fingerprint density at radius 2 is 1.60 bits per heavy atom. The maximum Gasteiger partial charge on any atom is 0.349 e. The van der Waals surface area contributed by atoms with Gasteiger partial charge in [-0.15, -0.1) is 0 Å². The second kappa shape index (κ2) is 8.57. The Hall–Kier alpha value is -4.00. The topological polar surface area (TPSA) is 76.0 Å². The van der Waals surface area contributed by atoms with Crippen LogP contribution in [0.3, 0.4) is 0 Å². The molecule has 6 nitrogen and oxygen atoms in total. The molecule has 0 aliphatic carbocycles. The first kappa shape index (κ1) is 19.3. The van der Waals surface area contributed by atoms with E-state index in [1.807, 2.05) is 36.4 Å². The summed E-state index contributed by atoms with van der Waals surface area (Å²) in [6, 6.07) is 21.8. The predicted molar refractivity (Wildman–Crippen MR) is 115 cm³/mol. The quantitative estimate of drug-likeness (QED) is 0.519. The van der Waals surface area contributed by atoms with Crippen molar-refractivity contribution in [1.82, 2.24) is 9.55 Å². The standard InChI is InChI=1S/C23H19FN4O2/c24-17-10-12-18(13-11-17)25-22(29)27-21-19-8-4-5-9-20(19)26-23(30)28(21)15-14-16-6-2-1-3-7-16/h1-13H,14-15H2,(H2,25,27,29). The van der Waals surface area contributed by atoms with Crippen molar-refractivity contribution in [2.45, 2.75) is 13.0 Å². The number of fused-ring (bicyclic) bond motifs is 1. The van der Waals surface area contributed by atoms with Crippen molar-refractivity contribution in [2.75, 3.05) is 10.6 Å². The van der Waals surface area contributed by atoms with Crippen LogP contribution in [0, 0.1) is 5.82 Å². The number of nitrogens with one attached hydrogen (secondary N) is 2. The van der Waals surface area contributed by atoms with Crippen molar-refractivity contribution in [3.63, 3.8) is 0 Å². The third kappa shape index (κ3) is 4.35. The molecule has 0 saturated heterocycles. The van der Waals surface area contributed by atoms with Gasteiger partial charge in [0.05, 0.1) is 5.52 Å². The Bertz CT molecular complexity index is 1240. The number of benzene rings is 3. The number of hydrogen-bond donors (Lipinski definition) is 2. The molecule has 7 heteroatoms. The molecule has 0 spiro atoms. The van der Waals surface area contributed by atoms with Crippen LogP contribution in [0.1, 0.15) is 5.56 Å². The van der Waals surface area contributed by atoms with Gasteiger partial charge >= 0.3 is 11.7 Å². The number of rotatable bonds is 5. The third-order valence-electron chi connectivity index (χ3n) is 4.68. The van der Waals surface area contributed by atoms with Gasteiger partial charge in [-0.05, 0) is 48.4 Å². The average Bonchev–Trinajstić information content (AvgIpc) is 2.75. The van der Waals surface area contributed by atoms with Crippen molar-refractivity contribution < 1.29 is 9.18 Å². The fourth-order valence-corrected chi connectivity index (χ4v) is 3.21. The van der Waals surface area contributed by atoms with Crippen LogP contribution >= 0.6 is 0 Å². The summed E-state index contributed by atoms with van der Waals surface area (Å²) in [5, 5.41) is 6.08. The molecule has 2 N–H and O–H groups in total. The monoisotopic (exact) mass is 402 g/mol. The summed E-state index contributed by atoms with van der Waals surface area (Å²) < 4.78 is 14.6. The molecule has 4 rings (SSSR count). The van der Waals surface area contributed by atoms with Crippen molar-refractivity contribution in [1.29, 1.82) is 0 Å². The molecule has 30 heavy (non-hydrogen) atoms. The van der Waals surface area contributed by atoms with Gasteiger partial charge in [0.1, 0.15) is 11.6 Å². The number of aryl methyl sites for hydroxylation is 1. The predicted octanol–water partition coefficient (Wildman–Crippen LogP) is 4.42. The minimum Gasteiger partial charge on any atom is -0.308 e. The lowest BCUT2D eigenvalue weighted by Crippen LogP contribution is -2.30. The van der Waals surface area contributed by atoms with Crippen LogP contribution in [-0.2, 0) is 13.0 Å². The maximum absolute atomic E-state index is 13.1. The molecule has 0 aliphatic heterocycles. The second-order valence-corrected chi connectivity index (χ2v) is 6.73. The fraction of sp³-hybridized carbons (Fsp3) is 0.0870. The number of urea groups is 1. The van der Waals surface area contributed by atoms with Gasteiger partial charge in [0.2, 0.25) is 0 Å². The SMILES string of the molecule is O=C(Nc1ccc(F)cc1)Nc1c2ccccc2nc(=O)n1CCc1ccccc1. The Morgan fingerprint density at radius 1 is 0.900 bits per heavy atom. The first-order chi connectivity index (χ1) is 14.6. The Morgan fingerprint density at radius 3 is 2.37 bits per heavy atom. The van der Waals surface area contributed by atoms with Gasteiger partial charge in [0.25, 0.3) is 0 Å². The summed E-state index contributed by atoms with van der Waals surface area (Å²) in [4.78, 5) is 29.4. The summed E-state index contributed by atoms with van der Waals surface area (Å²) in [7, 11) is 0. The Kier molecular flexibility index (Phi) is 5.52. The lowest BCUT2D eigenvalue weighted by Gasteiger charge is -2.16. The summed E-state index contributed by atoms with van der Waals surface area (Å²) in [6.07, 6.45) is 0.606. The Balaban J connectivity index is 1.66. The minimum absolute atomic E-state index is 0.354. The third-order valence-corrected chi connectivity index (χ3v) is 4.68. The van der Waals surface area contributed by atoms with E-state index in [1.54, 1.807) is 18.2 Å². The highest BCUT2D eigenvalue weighted by Crippen LogP contribution is 2.21. The van der Waals surface area contributed by atoms with E-state index in [4.69, 9.17) is 0 Å². The zero-order valence-electron chi connectivity index (χ0n) is 16.0. The van der Waals surface area contributed by atoms with Crippen LogP contribution in [0.5, 0.6) is 0 Å². The van der Waals surface area contributed by atoms with Gasteiger partial charge in [-0.2, -0.15) is 4.98 Å². The number of hydrogen-bond acceptors (Lipinski definition) is 3. The average molecular weight is 402 g/mol. The Labute approximate surface area is 172 Å². The highest BCUT2D eigenvalue weighted by Gasteiger charge is 2.14. The minimum atomic E-state index is -0.536. The molecule has 0 radical (unpaired) electrons. The van der Waals surface area contributed by atoms with Crippen LogP contribution in [0.15, 0.2) is 83.7 Å². The molecular formula is C23H19FN4O2. The zero-order chi connectivity index (χ0) is 20.9. The van der Waals surface area contributed by atoms with E-state index >= 15 is 0 Å². The molecule has 0 saturated carbocycles. The van der Waals surface area contributed by atoms with Crippen LogP contribution < -0.4 is 16.3 Å². The number of para-hydroxylation sites is 1. The number of carbonyl (C=O) groups excluding carboxylic acids is 1. The lowest BCUT2D eigenvalue weighted by atomic mass is 10.1. The summed E-state index contributed by atoms with van der Waals surface area (Å²) in [5.41, 5.74) is 1.56. The molecule has 0 fully saturated rings. The number of carbonyl (C=O) groups is 1. The van der Waals surface area contributed by atoms with Crippen molar-refractivity contribution >= 4 is 28.4 Å². The van der Waals surface area contributed by atoms with Crippen molar-refractivity contribution in [2.24, 2.45) is 0 Å². The van der Waals surface area contributed by atoms with Crippen LogP contribution in [0.4, 0.5) is 20.7 Å². The molecule has 0 bridgehead atoms. The van der Waals surface area contributed by atoms with Gasteiger partial charge in [-0.25, -0.2) is 14.0 Å². The number of aromatic nitrogens is 2. The van der Waals surface area contributed by atoms with Crippen LogP contribution in [-0.4, -0.2) is 15.6 Å². The molecule has 1 heterocycles. The highest BCUT2D eigenvalue weighted by atomic mass is 19.1. The second-order valence-electron chi connectivity index (χ2n) is 6.73. The van der Waals surface area contributed by atoms with E-state index in [0.29, 0.717) is 35.4 Å². The molecule has 0 unspecified atom stereocenters. The molecule has 3 aromatic carbocycles. The van der Waals surface area contributed by atoms with E-state index in [9.17, 15) is 14.0 Å². The fourth-order valence-electron chi connectivity index (χ4n) is 3.21. The van der Waals surface area contributed by atoms with Crippen LogP contribution in [0.2, 0.25) is 0 Å². The summed E-state index contributed by atoms with van der Waals surface area (Å²) in [5.74, 6) is -0.0306. The van der Waals surface area contributed by atoms with Gasteiger partial charge in [0.15, 0.2) is 0 Å². The van der Waals surface area contributed by atoms with Gasteiger partial charge < -0.3 is 5.32 Å². The van der Waals surface area contributed by atoms with Crippen molar-refractivity contribution in [3.05, 3.63) is 101 Å². The van der Waals surface area contributed by atoms with Crippen molar-refractivity contribution in [3.8, 4) is 0 Å². The van der Waals surface area contributed by atoms with E-state index in [2.05, 4.69) is 15.6 Å². The number of amides is 2. The molecule has 4 aromatic rings. The molecule has 2 amide bonds. The molecule has 150 valence electrons. The molecule has 1 aromatic heterocycles. The van der Waals surface area contributed by atoms with E-state index in [0.717, 1.165) is 5.56 Å². The van der Waals surface area contributed by atoms with E-state index in [-0.39, 0.29) is 0 Å². The lowest BCUT2D eigenvalue weighted by molar-refractivity contribution is 0.262. The summed E-state index contributed by atoms with van der Waals surface area (Å²) in [6.45, 7) is 0.354.